The number of carbonyl (C=O) groups is 1. The Hall–Kier alpha value is -0.280. The maximum Gasteiger partial charge on any atom is 0.237 e. The molecule has 0 spiro atoms. The van der Waals surface area contributed by atoms with Gasteiger partial charge in [0.05, 0.1) is 6.04 Å². The zero-order valence-electron chi connectivity index (χ0n) is 10.00. The van der Waals surface area contributed by atoms with Gasteiger partial charge in [-0.2, -0.15) is 0 Å². The summed E-state index contributed by atoms with van der Waals surface area (Å²) in [6, 6.07) is 0.528. The number of amides is 1. The van der Waals surface area contributed by atoms with Gasteiger partial charge in [-0.05, 0) is 51.0 Å². The molecule has 2 N–H and O–H groups in total. The highest BCUT2D eigenvalue weighted by molar-refractivity contribution is 5.85. The molecule has 1 aliphatic carbocycles. The van der Waals surface area contributed by atoms with Gasteiger partial charge in [-0.25, -0.2) is 0 Å². The molecule has 2 rings (SSSR count). The molecular formula is C12H23ClN2O. The molecule has 1 saturated heterocycles. The van der Waals surface area contributed by atoms with Crippen molar-refractivity contribution in [1.29, 1.82) is 0 Å². The fraction of sp³-hybridized carbons (Fsp3) is 0.917. The molecule has 1 amide bonds. The Morgan fingerprint density at radius 3 is 2.44 bits per heavy atom. The Balaban J connectivity index is 0.00000128. The lowest BCUT2D eigenvalue weighted by Gasteiger charge is -2.27. The highest BCUT2D eigenvalue weighted by atomic mass is 35.5. The number of halogens is 1. The molecule has 3 nitrogen and oxygen atoms in total. The Labute approximate surface area is 104 Å². The van der Waals surface area contributed by atoms with Gasteiger partial charge in [-0.3, -0.25) is 4.79 Å². The minimum Gasteiger partial charge on any atom is -0.352 e. The van der Waals surface area contributed by atoms with E-state index in [1.165, 1.54) is 25.7 Å². The van der Waals surface area contributed by atoms with Crippen LogP contribution in [-0.4, -0.2) is 24.5 Å². The average molecular weight is 247 g/mol. The third-order valence-electron chi connectivity index (χ3n) is 3.74. The molecule has 2 fully saturated rings. The van der Waals surface area contributed by atoms with Crippen molar-refractivity contribution in [3.63, 3.8) is 0 Å². The predicted molar refractivity (Wildman–Crippen MR) is 67.8 cm³/mol. The Kier molecular flexibility index (Phi) is 5.56. The summed E-state index contributed by atoms with van der Waals surface area (Å²) in [5.74, 6) is 1.08. The molecule has 1 unspecified atom stereocenters. The molecule has 1 aliphatic heterocycles. The third-order valence-corrected chi connectivity index (χ3v) is 3.74. The van der Waals surface area contributed by atoms with Crippen LogP contribution >= 0.6 is 12.4 Å². The quantitative estimate of drug-likeness (QED) is 0.781. The SMILES string of the molecule is CC1CCC(NC(=O)C2CCCN2)CC1.Cl. The van der Waals surface area contributed by atoms with Gasteiger partial charge in [0.25, 0.3) is 0 Å². The number of hydrogen-bond donors (Lipinski definition) is 2. The van der Waals surface area contributed by atoms with E-state index in [2.05, 4.69) is 17.6 Å². The number of rotatable bonds is 2. The molecule has 4 heteroatoms. The van der Waals surface area contributed by atoms with Crippen molar-refractivity contribution >= 4 is 18.3 Å². The van der Waals surface area contributed by atoms with Gasteiger partial charge in [0.2, 0.25) is 5.91 Å². The standard InChI is InChI=1S/C12H22N2O.ClH/c1-9-4-6-10(7-5-9)14-12(15)11-3-2-8-13-11;/h9-11,13H,2-8H2,1H3,(H,14,15);1H. The van der Waals surface area contributed by atoms with Gasteiger partial charge in [-0.1, -0.05) is 6.92 Å². The molecule has 0 aromatic rings. The van der Waals surface area contributed by atoms with Crippen molar-refractivity contribution in [3.8, 4) is 0 Å². The summed E-state index contributed by atoms with van der Waals surface area (Å²) in [4.78, 5) is 11.8. The van der Waals surface area contributed by atoms with Crippen molar-refractivity contribution in [2.45, 2.75) is 57.5 Å². The highest BCUT2D eigenvalue weighted by Crippen LogP contribution is 2.23. The Bertz CT molecular complexity index is 221. The van der Waals surface area contributed by atoms with E-state index in [1.54, 1.807) is 0 Å². The van der Waals surface area contributed by atoms with Crippen LogP contribution in [0.25, 0.3) is 0 Å². The Morgan fingerprint density at radius 2 is 1.88 bits per heavy atom. The predicted octanol–water partition coefficient (Wildman–Crippen LogP) is 1.86. The van der Waals surface area contributed by atoms with Crippen molar-refractivity contribution in [2.24, 2.45) is 5.92 Å². The average Bonchev–Trinajstić information content (AvgIpc) is 2.74. The van der Waals surface area contributed by atoms with Crippen LogP contribution in [0.3, 0.4) is 0 Å². The summed E-state index contributed by atoms with van der Waals surface area (Å²) >= 11 is 0. The molecule has 94 valence electrons. The first kappa shape index (κ1) is 13.8. The van der Waals surface area contributed by atoms with Crippen LogP contribution in [0.2, 0.25) is 0 Å². The number of hydrogen-bond acceptors (Lipinski definition) is 2. The summed E-state index contributed by atoms with van der Waals surface area (Å²) in [5.41, 5.74) is 0. The van der Waals surface area contributed by atoms with Gasteiger partial charge < -0.3 is 10.6 Å². The smallest absolute Gasteiger partial charge is 0.237 e. The van der Waals surface area contributed by atoms with Crippen LogP contribution in [0.5, 0.6) is 0 Å². The summed E-state index contributed by atoms with van der Waals surface area (Å²) in [6.07, 6.45) is 7.01. The van der Waals surface area contributed by atoms with Gasteiger partial charge in [0, 0.05) is 6.04 Å². The van der Waals surface area contributed by atoms with E-state index in [-0.39, 0.29) is 24.4 Å². The molecule has 0 aromatic carbocycles. The van der Waals surface area contributed by atoms with Crippen LogP contribution in [0.15, 0.2) is 0 Å². The molecule has 1 atom stereocenters. The monoisotopic (exact) mass is 246 g/mol. The molecule has 0 bridgehead atoms. The van der Waals surface area contributed by atoms with E-state index in [1.807, 2.05) is 0 Å². The van der Waals surface area contributed by atoms with Gasteiger partial charge in [0.1, 0.15) is 0 Å². The minimum absolute atomic E-state index is 0. The first-order chi connectivity index (χ1) is 7.25. The lowest BCUT2D eigenvalue weighted by atomic mass is 9.87. The number of nitrogens with one attached hydrogen (secondary N) is 2. The molecule has 16 heavy (non-hydrogen) atoms. The van der Waals surface area contributed by atoms with E-state index in [9.17, 15) is 4.79 Å². The van der Waals surface area contributed by atoms with Crippen molar-refractivity contribution in [1.82, 2.24) is 10.6 Å². The Morgan fingerprint density at radius 1 is 1.19 bits per heavy atom. The maximum absolute atomic E-state index is 11.8. The molecule has 2 aliphatic rings. The summed E-state index contributed by atoms with van der Waals surface area (Å²) in [7, 11) is 0. The normalized spacial score (nSPS) is 34.2. The summed E-state index contributed by atoms with van der Waals surface area (Å²) in [5, 5.41) is 6.42. The van der Waals surface area contributed by atoms with E-state index < -0.39 is 0 Å². The van der Waals surface area contributed by atoms with Gasteiger partial charge in [-0.15, -0.1) is 12.4 Å². The second-order valence-corrected chi connectivity index (χ2v) is 5.11. The fourth-order valence-electron chi connectivity index (χ4n) is 2.61. The van der Waals surface area contributed by atoms with Crippen molar-refractivity contribution in [3.05, 3.63) is 0 Å². The first-order valence-corrected chi connectivity index (χ1v) is 6.29. The third kappa shape index (κ3) is 3.63. The molecule has 1 heterocycles. The zero-order chi connectivity index (χ0) is 10.7. The second kappa shape index (κ2) is 6.45. The highest BCUT2D eigenvalue weighted by Gasteiger charge is 2.25. The van der Waals surface area contributed by atoms with Gasteiger partial charge >= 0.3 is 0 Å². The fourth-order valence-corrected chi connectivity index (χ4v) is 2.61. The van der Waals surface area contributed by atoms with Crippen LogP contribution in [0.4, 0.5) is 0 Å². The lowest BCUT2D eigenvalue weighted by molar-refractivity contribution is -0.123. The van der Waals surface area contributed by atoms with E-state index in [0.717, 1.165) is 25.3 Å². The van der Waals surface area contributed by atoms with E-state index in [0.29, 0.717) is 6.04 Å². The molecule has 1 saturated carbocycles. The maximum atomic E-state index is 11.8. The molecule has 0 aromatic heterocycles. The van der Waals surface area contributed by atoms with Crippen LogP contribution in [0, 0.1) is 5.92 Å². The van der Waals surface area contributed by atoms with Crippen LogP contribution < -0.4 is 10.6 Å². The number of carbonyl (C=O) groups excluding carboxylic acids is 1. The lowest BCUT2D eigenvalue weighted by Crippen LogP contribution is -2.46. The van der Waals surface area contributed by atoms with Crippen molar-refractivity contribution < 1.29 is 4.79 Å². The largest absolute Gasteiger partial charge is 0.352 e. The molecular weight excluding hydrogens is 224 g/mol. The van der Waals surface area contributed by atoms with Gasteiger partial charge in [0.15, 0.2) is 0 Å². The van der Waals surface area contributed by atoms with Crippen molar-refractivity contribution in [2.75, 3.05) is 6.54 Å². The van der Waals surface area contributed by atoms with E-state index in [4.69, 9.17) is 0 Å². The second-order valence-electron chi connectivity index (χ2n) is 5.11. The first-order valence-electron chi connectivity index (χ1n) is 6.29. The van der Waals surface area contributed by atoms with Crippen LogP contribution in [-0.2, 0) is 4.79 Å². The summed E-state index contributed by atoms with van der Waals surface area (Å²) < 4.78 is 0. The zero-order valence-corrected chi connectivity index (χ0v) is 10.8. The minimum atomic E-state index is 0. The summed E-state index contributed by atoms with van der Waals surface area (Å²) in [6.45, 7) is 3.30. The van der Waals surface area contributed by atoms with Crippen LogP contribution in [0.1, 0.15) is 45.4 Å². The molecule has 0 radical (unpaired) electrons. The topological polar surface area (TPSA) is 41.1 Å². The van der Waals surface area contributed by atoms with E-state index >= 15 is 0 Å².